The van der Waals surface area contributed by atoms with Gasteiger partial charge in [0.15, 0.2) is 0 Å². The van der Waals surface area contributed by atoms with E-state index >= 15 is 0 Å². The van der Waals surface area contributed by atoms with Crippen molar-refractivity contribution in [3.63, 3.8) is 0 Å². The van der Waals surface area contributed by atoms with Gasteiger partial charge in [0.25, 0.3) is 10.2 Å². The molecule has 0 aliphatic rings. The first-order chi connectivity index (χ1) is 8.33. The molecule has 1 rings (SSSR count). The molecule has 2 N–H and O–H groups in total. The van der Waals surface area contributed by atoms with Crippen molar-refractivity contribution < 1.29 is 22.7 Å². The van der Waals surface area contributed by atoms with Gasteiger partial charge in [-0.1, -0.05) is 0 Å². The molecule has 102 valence electrons. The van der Waals surface area contributed by atoms with Crippen LogP contribution >= 0.6 is 0 Å². The Morgan fingerprint density at radius 1 is 1.61 bits per heavy atom. The van der Waals surface area contributed by atoms with Crippen LogP contribution in [0.3, 0.4) is 0 Å². The molecule has 0 saturated carbocycles. The molecule has 7 nitrogen and oxygen atoms in total. The minimum absolute atomic E-state index is 0.0878. The standard InChI is InChI=1S/C10H16N2O5S/c1-8(9-4-3-7-17-9)11-18(15,16)12(2)6-5-10(13)14/h3-4,7-8,11H,5-6H2,1-2H3,(H,13,14)/t8-/m0/s1. The van der Waals surface area contributed by atoms with Gasteiger partial charge in [-0.2, -0.15) is 17.4 Å². The lowest BCUT2D eigenvalue weighted by Gasteiger charge is -2.19. The highest BCUT2D eigenvalue weighted by atomic mass is 32.2. The van der Waals surface area contributed by atoms with Gasteiger partial charge >= 0.3 is 5.97 Å². The molecule has 0 spiro atoms. The maximum absolute atomic E-state index is 11.8. The number of carbonyl (C=O) groups is 1. The second kappa shape index (κ2) is 5.98. The first-order valence-corrected chi connectivity index (χ1v) is 6.75. The summed E-state index contributed by atoms with van der Waals surface area (Å²) < 4.78 is 32.1. The Kier molecular flexibility index (Phi) is 4.88. The zero-order valence-electron chi connectivity index (χ0n) is 10.2. The number of carboxylic acids is 1. The summed E-state index contributed by atoms with van der Waals surface area (Å²) in [7, 11) is -2.40. The minimum atomic E-state index is -3.72. The fraction of sp³-hybridized carbons (Fsp3) is 0.500. The van der Waals surface area contributed by atoms with Crippen molar-refractivity contribution in [2.45, 2.75) is 19.4 Å². The third-order valence-corrected chi connectivity index (χ3v) is 4.00. The maximum atomic E-state index is 11.8. The van der Waals surface area contributed by atoms with E-state index in [-0.39, 0.29) is 13.0 Å². The minimum Gasteiger partial charge on any atom is -0.481 e. The second-order valence-electron chi connectivity index (χ2n) is 3.83. The maximum Gasteiger partial charge on any atom is 0.304 e. The van der Waals surface area contributed by atoms with E-state index in [1.165, 1.54) is 13.3 Å². The average Bonchev–Trinajstić information content (AvgIpc) is 2.78. The Labute approximate surface area is 106 Å². The first-order valence-electron chi connectivity index (χ1n) is 5.31. The van der Waals surface area contributed by atoms with Crippen molar-refractivity contribution in [3.05, 3.63) is 24.2 Å². The molecule has 18 heavy (non-hydrogen) atoms. The number of hydrogen-bond acceptors (Lipinski definition) is 4. The number of aliphatic carboxylic acids is 1. The van der Waals surface area contributed by atoms with Crippen molar-refractivity contribution in [2.75, 3.05) is 13.6 Å². The van der Waals surface area contributed by atoms with Gasteiger partial charge in [-0.25, -0.2) is 0 Å². The number of nitrogens with zero attached hydrogens (tertiary/aromatic N) is 1. The van der Waals surface area contributed by atoms with Crippen LogP contribution < -0.4 is 4.72 Å². The van der Waals surface area contributed by atoms with Gasteiger partial charge in [-0.15, -0.1) is 0 Å². The fourth-order valence-corrected chi connectivity index (χ4v) is 2.36. The highest BCUT2D eigenvalue weighted by Gasteiger charge is 2.22. The van der Waals surface area contributed by atoms with Crippen LogP contribution in [0.25, 0.3) is 0 Å². The third-order valence-electron chi connectivity index (χ3n) is 2.35. The third kappa shape index (κ3) is 4.13. The molecule has 0 aliphatic carbocycles. The Hall–Kier alpha value is -1.38. The van der Waals surface area contributed by atoms with Gasteiger partial charge in [-0.05, 0) is 19.1 Å². The molecule has 1 aromatic heterocycles. The lowest BCUT2D eigenvalue weighted by molar-refractivity contribution is -0.137. The summed E-state index contributed by atoms with van der Waals surface area (Å²) in [5, 5.41) is 8.50. The molecule has 1 atom stereocenters. The zero-order valence-corrected chi connectivity index (χ0v) is 11.0. The number of nitrogens with one attached hydrogen (secondary N) is 1. The summed E-state index contributed by atoms with van der Waals surface area (Å²) in [6, 6.07) is 2.80. The fourth-order valence-electron chi connectivity index (χ4n) is 1.28. The van der Waals surface area contributed by atoms with Crippen molar-refractivity contribution >= 4 is 16.2 Å². The van der Waals surface area contributed by atoms with Gasteiger partial charge in [0, 0.05) is 13.6 Å². The van der Waals surface area contributed by atoms with Gasteiger partial charge < -0.3 is 9.52 Å². The molecular weight excluding hydrogens is 260 g/mol. The summed E-state index contributed by atoms with van der Waals surface area (Å²) in [5.41, 5.74) is 0. The van der Waals surface area contributed by atoms with E-state index in [0.717, 1.165) is 4.31 Å². The van der Waals surface area contributed by atoms with E-state index in [9.17, 15) is 13.2 Å². The van der Waals surface area contributed by atoms with E-state index in [1.54, 1.807) is 19.1 Å². The van der Waals surface area contributed by atoms with E-state index in [0.29, 0.717) is 5.76 Å². The lowest BCUT2D eigenvalue weighted by atomic mass is 10.3. The lowest BCUT2D eigenvalue weighted by Crippen LogP contribution is -2.40. The van der Waals surface area contributed by atoms with Crippen LogP contribution in [-0.2, 0) is 15.0 Å². The van der Waals surface area contributed by atoms with Gasteiger partial charge in [0.1, 0.15) is 5.76 Å². The molecular formula is C10H16N2O5S. The SMILES string of the molecule is C[C@H](NS(=O)(=O)N(C)CCC(=O)O)c1ccco1. The highest BCUT2D eigenvalue weighted by Crippen LogP contribution is 2.14. The summed E-state index contributed by atoms with van der Waals surface area (Å²) in [6.07, 6.45) is 1.21. The number of carboxylic acid groups (broad SMARTS) is 1. The highest BCUT2D eigenvalue weighted by molar-refractivity contribution is 7.87. The Bertz CT molecular complexity index is 482. The predicted octanol–water partition coefficient (Wildman–Crippen LogP) is 0.582. The van der Waals surface area contributed by atoms with Gasteiger partial charge in [0.05, 0.1) is 18.7 Å². The molecule has 0 fully saturated rings. The van der Waals surface area contributed by atoms with Crippen LogP contribution in [0, 0.1) is 0 Å². The zero-order chi connectivity index (χ0) is 13.8. The van der Waals surface area contributed by atoms with Crippen LogP contribution in [0.1, 0.15) is 25.1 Å². The van der Waals surface area contributed by atoms with Crippen LogP contribution in [0.15, 0.2) is 22.8 Å². The molecule has 1 heterocycles. The molecule has 0 amide bonds. The Balaban J connectivity index is 2.61. The second-order valence-corrected chi connectivity index (χ2v) is 5.63. The van der Waals surface area contributed by atoms with Crippen LogP contribution in [-0.4, -0.2) is 37.4 Å². The molecule has 1 aromatic rings. The van der Waals surface area contributed by atoms with Crippen LogP contribution in [0.4, 0.5) is 0 Å². The van der Waals surface area contributed by atoms with Crippen LogP contribution in [0.5, 0.6) is 0 Å². The smallest absolute Gasteiger partial charge is 0.304 e. The topological polar surface area (TPSA) is 99.9 Å². The molecule has 0 aliphatic heterocycles. The van der Waals surface area contributed by atoms with Crippen molar-refractivity contribution in [2.24, 2.45) is 0 Å². The molecule has 0 aromatic carbocycles. The van der Waals surface area contributed by atoms with Crippen LogP contribution in [0.2, 0.25) is 0 Å². The first kappa shape index (κ1) is 14.7. The average molecular weight is 276 g/mol. The Morgan fingerprint density at radius 3 is 2.78 bits per heavy atom. The number of rotatable bonds is 7. The van der Waals surface area contributed by atoms with Crippen molar-refractivity contribution in [1.29, 1.82) is 0 Å². The molecule has 0 radical (unpaired) electrons. The molecule has 0 bridgehead atoms. The predicted molar refractivity (Wildman–Crippen MR) is 64.1 cm³/mol. The monoisotopic (exact) mass is 276 g/mol. The molecule has 0 saturated heterocycles. The summed E-state index contributed by atoms with van der Waals surface area (Å²) in [6.45, 7) is 1.55. The number of hydrogen-bond donors (Lipinski definition) is 2. The molecule has 0 unspecified atom stereocenters. The summed E-state index contributed by atoms with van der Waals surface area (Å²) >= 11 is 0. The van der Waals surface area contributed by atoms with E-state index < -0.39 is 22.2 Å². The largest absolute Gasteiger partial charge is 0.481 e. The van der Waals surface area contributed by atoms with E-state index in [2.05, 4.69) is 4.72 Å². The van der Waals surface area contributed by atoms with Gasteiger partial charge in [-0.3, -0.25) is 4.79 Å². The van der Waals surface area contributed by atoms with Crippen molar-refractivity contribution in [1.82, 2.24) is 9.03 Å². The summed E-state index contributed by atoms with van der Waals surface area (Å²) in [5.74, 6) is -0.554. The van der Waals surface area contributed by atoms with E-state index in [4.69, 9.17) is 9.52 Å². The normalized spacial score (nSPS) is 13.7. The Morgan fingerprint density at radius 2 is 2.28 bits per heavy atom. The molecule has 8 heteroatoms. The quantitative estimate of drug-likeness (QED) is 0.759. The van der Waals surface area contributed by atoms with E-state index in [1.807, 2.05) is 0 Å². The van der Waals surface area contributed by atoms with Gasteiger partial charge in [0.2, 0.25) is 0 Å². The summed E-state index contributed by atoms with van der Waals surface area (Å²) in [4.78, 5) is 10.4. The number of furan rings is 1. The van der Waals surface area contributed by atoms with Crippen molar-refractivity contribution in [3.8, 4) is 0 Å².